The van der Waals surface area contributed by atoms with E-state index in [4.69, 9.17) is 0 Å². The van der Waals surface area contributed by atoms with Crippen molar-refractivity contribution in [2.24, 2.45) is 0 Å². The molecule has 0 saturated carbocycles. The number of para-hydroxylation sites is 1. The summed E-state index contributed by atoms with van der Waals surface area (Å²) in [7, 11) is 0. The molecule has 0 spiro atoms. The zero-order chi connectivity index (χ0) is 17.3. The molecule has 0 fully saturated rings. The van der Waals surface area contributed by atoms with Gasteiger partial charge < -0.3 is 10.4 Å². The van der Waals surface area contributed by atoms with E-state index in [0.29, 0.717) is 0 Å². The van der Waals surface area contributed by atoms with Gasteiger partial charge in [0.2, 0.25) is 0 Å². The summed E-state index contributed by atoms with van der Waals surface area (Å²) in [5.41, 5.74) is -2.45. The average Bonchev–Trinajstić information content (AvgIpc) is 2.54. The maximum absolute atomic E-state index is 13.3. The molecule has 122 valence electrons. The van der Waals surface area contributed by atoms with Crippen LogP contribution in [0, 0.1) is 0 Å². The predicted molar refractivity (Wildman–Crippen MR) is 80.6 cm³/mol. The van der Waals surface area contributed by atoms with Gasteiger partial charge in [-0.1, -0.05) is 18.2 Å². The fourth-order valence-electron chi connectivity index (χ4n) is 2.23. The zero-order valence-electron chi connectivity index (χ0n) is 12.0. The highest BCUT2D eigenvalue weighted by atomic mass is 19.4. The number of amides is 1. The Hall–Kier alpha value is -3.16. The van der Waals surface area contributed by atoms with E-state index in [1.807, 2.05) is 0 Å². The molecule has 1 amide bonds. The lowest BCUT2D eigenvalue weighted by atomic mass is 10.1. The van der Waals surface area contributed by atoms with E-state index in [0.717, 1.165) is 0 Å². The van der Waals surface area contributed by atoms with Gasteiger partial charge in [-0.25, -0.2) is 9.97 Å². The summed E-state index contributed by atoms with van der Waals surface area (Å²) in [6, 6.07) is 10.3. The molecule has 8 heteroatoms. The first kappa shape index (κ1) is 15.7. The van der Waals surface area contributed by atoms with Gasteiger partial charge in [0.05, 0.1) is 5.52 Å². The van der Waals surface area contributed by atoms with E-state index < -0.39 is 29.1 Å². The Morgan fingerprint density at radius 2 is 1.79 bits per heavy atom. The van der Waals surface area contributed by atoms with Crippen LogP contribution < -0.4 is 5.32 Å². The summed E-state index contributed by atoms with van der Waals surface area (Å²) in [6.45, 7) is 0. The molecule has 0 bridgehead atoms. The van der Waals surface area contributed by atoms with E-state index in [1.54, 1.807) is 12.1 Å². The van der Waals surface area contributed by atoms with Gasteiger partial charge in [0.1, 0.15) is 17.1 Å². The number of nitrogens with one attached hydrogen (secondary N) is 1. The van der Waals surface area contributed by atoms with Crippen LogP contribution in [0.1, 0.15) is 16.1 Å². The minimum absolute atomic E-state index is 0.0525. The van der Waals surface area contributed by atoms with E-state index in [2.05, 4.69) is 15.3 Å². The Bertz CT molecular complexity index is 912. The number of hydrogen-bond acceptors (Lipinski definition) is 4. The lowest BCUT2D eigenvalue weighted by Gasteiger charge is -2.15. The number of halogens is 3. The Morgan fingerprint density at radius 3 is 2.46 bits per heavy atom. The number of benzene rings is 1. The molecule has 0 aliphatic heterocycles. The van der Waals surface area contributed by atoms with Gasteiger partial charge in [-0.15, -0.1) is 0 Å². The molecule has 3 aromatic rings. The van der Waals surface area contributed by atoms with Crippen molar-refractivity contribution >= 4 is 22.6 Å². The zero-order valence-corrected chi connectivity index (χ0v) is 12.0. The van der Waals surface area contributed by atoms with Crippen molar-refractivity contribution < 1.29 is 23.1 Å². The van der Waals surface area contributed by atoms with Crippen LogP contribution in [0.15, 0.2) is 48.7 Å². The molecule has 2 aromatic heterocycles. The first-order valence-corrected chi connectivity index (χ1v) is 6.79. The molecule has 2 heterocycles. The summed E-state index contributed by atoms with van der Waals surface area (Å²) in [6.07, 6.45) is -3.53. The number of nitrogens with zero attached hydrogens (tertiary/aromatic N) is 2. The van der Waals surface area contributed by atoms with Crippen LogP contribution in [0.4, 0.5) is 19.0 Å². The monoisotopic (exact) mass is 333 g/mol. The molecule has 1 aromatic carbocycles. The van der Waals surface area contributed by atoms with Crippen LogP contribution in [-0.2, 0) is 6.18 Å². The number of anilines is 1. The highest BCUT2D eigenvalue weighted by molar-refractivity contribution is 6.09. The van der Waals surface area contributed by atoms with Crippen molar-refractivity contribution in [3.63, 3.8) is 0 Å². The molecule has 2 N–H and O–H groups in total. The van der Waals surface area contributed by atoms with Gasteiger partial charge >= 0.3 is 6.18 Å². The Labute approximate surface area is 133 Å². The first-order chi connectivity index (χ1) is 11.4. The molecule has 0 aliphatic rings. The fraction of sp³-hybridized carbons (Fsp3) is 0.0625. The maximum Gasteiger partial charge on any atom is 0.434 e. The fourth-order valence-corrected chi connectivity index (χ4v) is 2.23. The lowest BCUT2D eigenvalue weighted by molar-refractivity contribution is -0.141. The standard InChI is InChI=1S/C16H10F3N3O2/c17-16(18,19)14-12(15(24)22-11-7-3-4-8-20-11)13(23)9-5-1-2-6-10(9)21-14/h1-8H,(H,21,23)(H,20,22,24). The summed E-state index contributed by atoms with van der Waals surface area (Å²) < 4.78 is 39.9. The number of pyridine rings is 2. The van der Waals surface area contributed by atoms with Crippen molar-refractivity contribution in [2.45, 2.75) is 6.18 Å². The van der Waals surface area contributed by atoms with Crippen LogP contribution in [0.3, 0.4) is 0 Å². The average molecular weight is 333 g/mol. The number of alkyl halides is 3. The van der Waals surface area contributed by atoms with Gasteiger partial charge in [-0.05, 0) is 24.3 Å². The largest absolute Gasteiger partial charge is 0.506 e. The van der Waals surface area contributed by atoms with Gasteiger partial charge in [0.15, 0.2) is 5.69 Å². The molecule has 24 heavy (non-hydrogen) atoms. The summed E-state index contributed by atoms with van der Waals surface area (Å²) in [5.74, 6) is -1.86. The second-order valence-electron chi connectivity index (χ2n) is 4.87. The number of carbonyl (C=O) groups is 1. The van der Waals surface area contributed by atoms with Crippen LogP contribution >= 0.6 is 0 Å². The SMILES string of the molecule is O=C(Nc1ccccn1)c1c(C(F)(F)F)nc2ccccc2c1O. The Morgan fingerprint density at radius 1 is 1.08 bits per heavy atom. The van der Waals surface area contributed by atoms with Crippen molar-refractivity contribution in [1.82, 2.24) is 9.97 Å². The number of carbonyl (C=O) groups excluding carboxylic acids is 1. The molecular weight excluding hydrogens is 323 g/mol. The third kappa shape index (κ3) is 2.85. The second-order valence-corrected chi connectivity index (χ2v) is 4.87. The van der Waals surface area contributed by atoms with E-state index in [1.165, 1.54) is 36.5 Å². The highest BCUT2D eigenvalue weighted by Crippen LogP contribution is 2.38. The van der Waals surface area contributed by atoms with Gasteiger partial charge in [-0.3, -0.25) is 4.79 Å². The number of rotatable bonds is 2. The third-order valence-electron chi connectivity index (χ3n) is 3.27. The molecule has 3 rings (SSSR count). The number of fused-ring (bicyclic) bond motifs is 1. The quantitative estimate of drug-likeness (QED) is 0.751. The van der Waals surface area contributed by atoms with E-state index in [-0.39, 0.29) is 16.7 Å². The van der Waals surface area contributed by atoms with Crippen LogP contribution in [0.2, 0.25) is 0 Å². The molecule has 0 unspecified atom stereocenters. The number of aromatic hydroxyl groups is 1. The molecule has 0 saturated heterocycles. The minimum Gasteiger partial charge on any atom is -0.506 e. The molecule has 5 nitrogen and oxygen atoms in total. The number of hydrogen-bond donors (Lipinski definition) is 2. The third-order valence-corrected chi connectivity index (χ3v) is 3.27. The van der Waals surface area contributed by atoms with Gasteiger partial charge in [-0.2, -0.15) is 13.2 Å². The lowest BCUT2D eigenvalue weighted by Crippen LogP contribution is -2.21. The Balaban J connectivity index is 2.18. The molecule has 0 radical (unpaired) electrons. The summed E-state index contributed by atoms with van der Waals surface area (Å²) >= 11 is 0. The van der Waals surface area contributed by atoms with Crippen LogP contribution in [-0.4, -0.2) is 21.0 Å². The van der Waals surface area contributed by atoms with E-state index in [9.17, 15) is 23.1 Å². The van der Waals surface area contributed by atoms with Gasteiger partial charge in [0.25, 0.3) is 5.91 Å². The smallest absolute Gasteiger partial charge is 0.434 e. The highest BCUT2D eigenvalue weighted by Gasteiger charge is 2.39. The van der Waals surface area contributed by atoms with Crippen molar-refractivity contribution in [3.8, 4) is 5.75 Å². The predicted octanol–water partition coefficient (Wildman–Crippen LogP) is 3.61. The normalized spacial score (nSPS) is 11.5. The molecule has 0 atom stereocenters. The maximum atomic E-state index is 13.3. The topological polar surface area (TPSA) is 75.1 Å². The van der Waals surface area contributed by atoms with Crippen molar-refractivity contribution in [2.75, 3.05) is 5.32 Å². The van der Waals surface area contributed by atoms with Crippen LogP contribution in [0.5, 0.6) is 5.75 Å². The van der Waals surface area contributed by atoms with Crippen LogP contribution in [0.25, 0.3) is 10.9 Å². The Kier molecular flexibility index (Phi) is 3.80. The second kappa shape index (κ2) is 5.80. The number of aromatic nitrogens is 2. The molecular formula is C16H10F3N3O2. The molecule has 0 aliphatic carbocycles. The van der Waals surface area contributed by atoms with E-state index >= 15 is 0 Å². The first-order valence-electron chi connectivity index (χ1n) is 6.79. The van der Waals surface area contributed by atoms with Gasteiger partial charge in [0, 0.05) is 11.6 Å². The summed E-state index contributed by atoms with van der Waals surface area (Å²) in [4.78, 5) is 19.6. The minimum atomic E-state index is -4.90. The van der Waals surface area contributed by atoms with Crippen molar-refractivity contribution in [3.05, 3.63) is 59.9 Å². The van der Waals surface area contributed by atoms with Crippen molar-refractivity contribution in [1.29, 1.82) is 0 Å². The summed E-state index contributed by atoms with van der Waals surface area (Å²) in [5, 5.41) is 12.5.